The summed E-state index contributed by atoms with van der Waals surface area (Å²) in [6.07, 6.45) is 7.90. The van der Waals surface area contributed by atoms with Crippen molar-refractivity contribution in [3.8, 4) is 0 Å². The third kappa shape index (κ3) is 2.50. The SMILES string of the molecule is C=C/C=C\c1c(C)c2c3c(C=O)ccc4ccc5c6ccccc6c6c7c(C=O)ccc8ccc1c(c87)c2c6c5c43. The van der Waals surface area contributed by atoms with Crippen LogP contribution in [0.25, 0.3) is 92.3 Å². The third-order valence-corrected chi connectivity index (χ3v) is 9.40. The second-order valence-electron chi connectivity index (χ2n) is 11.1. The Morgan fingerprint density at radius 1 is 0.512 bits per heavy atom. The van der Waals surface area contributed by atoms with Gasteiger partial charge in [-0.05, 0) is 93.5 Å². The molecule has 190 valence electrons. The van der Waals surface area contributed by atoms with Gasteiger partial charge in [0.15, 0.2) is 12.6 Å². The van der Waals surface area contributed by atoms with Crippen molar-refractivity contribution in [2.45, 2.75) is 6.92 Å². The Hall–Kier alpha value is -5.34. The summed E-state index contributed by atoms with van der Waals surface area (Å²) in [4.78, 5) is 25.4. The van der Waals surface area contributed by atoms with Crippen molar-refractivity contribution < 1.29 is 9.59 Å². The van der Waals surface area contributed by atoms with Gasteiger partial charge in [0.1, 0.15) is 0 Å². The van der Waals surface area contributed by atoms with Gasteiger partial charge in [0.25, 0.3) is 0 Å². The highest BCUT2D eigenvalue weighted by Crippen LogP contribution is 2.55. The fraction of sp³-hybridized carbons (Fsp3) is 0.0256. The van der Waals surface area contributed by atoms with Crippen LogP contribution in [0, 0.1) is 6.92 Å². The van der Waals surface area contributed by atoms with E-state index in [1.807, 2.05) is 18.2 Å². The summed E-state index contributed by atoms with van der Waals surface area (Å²) < 4.78 is 0. The van der Waals surface area contributed by atoms with Gasteiger partial charge < -0.3 is 0 Å². The molecule has 0 aromatic heterocycles. The predicted octanol–water partition coefficient (Wildman–Crippen LogP) is 10.4. The average Bonchev–Trinajstić information content (AvgIpc) is 3.02. The molecule has 0 radical (unpaired) electrons. The lowest BCUT2D eigenvalue weighted by Gasteiger charge is -2.26. The van der Waals surface area contributed by atoms with Crippen LogP contribution >= 0.6 is 0 Å². The van der Waals surface area contributed by atoms with Crippen molar-refractivity contribution in [1.82, 2.24) is 0 Å². The summed E-state index contributed by atoms with van der Waals surface area (Å²) in [5, 5.41) is 17.9. The van der Waals surface area contributed by atoms with Gasteiger partial charge >= 0.3 is 0 Å². The van der Waals surface area contributed by atoms with Gasteiger partial charge in [-0.25, -0.2) is 0 Å². The molecular weight excluding hydrogens is 500 g/mol. The molecule has 0 fully saturated rings. The highest BCUT2D eigenvalue weighted by molar-refractivity contribution is 6.53. The molecule has 0 bridgehead atoms. The fourth-order valence-corrected chi connectivity index (χ4v) is 7.87. The molecule has 0 N–H and O–H groups in total. The second kappa shape index (κ2) is 7.65. The minimum atomic E-state index is 0.696. The smallest absolute Gasteiger partial charge is 0.150 e. The molecule has 0 spiro atoms. The molecule has 0 atom stereocenters. The van der Waals surface area contributed by atoms with Crippen LogP contribution in [-0.2, 0) is 0 Å². The number of aryl methyl sites for hydroxylation is 1. The van der Waals surface area contributed by atoms with Gasteiger partial charge in [-0.1, -0.05) is 97.6 Å². The Labute approximate surface area is 234 Å². The molecule has 0 aliphatic heterocycles. The van der Waals surface area contributed by atoms with Crippen LogP contribution in [0.1, 0.15) is 31.8 Å². The van der Waals surface area contributed by atoms with Gasteiger partial charge in [-0.3, -0.25) is 9.59 Å². The van der Waals surface area contributed by atoms with Crippen LogP contribution in [0.15, 0.2) is 91.5 Å². The summed E-state index contributed by atoms with van der Waals surface area (Å²) in [5.74, 6) is 0. The van der Waals surface area contributed by atoms with Crippen LogP contribution in [-0.4, -0.2) is 12.6 Å². The standard InChI is InChI=1S/C39H22O2/c1-3-4-7-25-20(2)30-33-23(18-40)12-10-21-15-17-29-26-8-5-6-9-27(26)35-34-24(19-41)13-11-22-14-16-28(25)36(32(22)34)38(30)39(35)37(29)31(21)33/h3-19H,1H2,2H3/b7-4-. The number of benzene rings is 9. The van der Waals surface area contributed by atoms with E-state index in [0.717, 1.165) is 88.3 Å². The third-order valence-electron chi connectivity index (χ3n) is 9.40. The first-order chi connectivity index (χ1) is 20.2. The number of allylic oxidation sites excluding steroid dienone is 2. The van der Waals surface area contributed by atoms with Crippen molar-refractivity contribution in [2.24, 2.45) is 0 Å². The maximum Gasteiger partial charge on any atom is 0.150 e. The summed E-state index contributed by atoms with van der Waals surface area (Å²) >= 11 is 0. The molecular formula is C39H22O2. The summed E-state index contributed by atoms with van der Waals surface area (Å²) in [5.41, 5.74) is 3.64. The lowest BCUT2D eigenvalue weighted by molar-refractivity contribution is 0.111. The molecule has 9 aromatic rings. The van der Waals surface area contributed by atoms with Crippen LogP contribution in [0.4, 0.5) is 0 Å². The molecule has 0 saturated carbocycles. The summed E-state index contributed by atoms with van der Waals surface area (Å²) in [7, 11) is 0. The molecule has 2 heteroatoms. The largest absolute Gasteiger partial charge is 0.298 e. The fourth-order valence-electron chi connectivity index (χ4n) is 7.87. The molecule has 0 saturated heterocycles. The molecule has 2 nitrogen and oxygen atoms in total. The van der Waals surface area contributed by atoms with Crippen molar-refractivity contribution in [1.29, 1.82) is 0 Å². The molecule has 0 amide bonds. The van der Waals surface area contributed by atoms with E-state index in [0.29, 0.717) is 11.1 Å². The Balaban J connectivity index is 1.84. The highest BCUT2D eigenvalue weighted by atomic mass is 16.1. The number of rotatable bonds is 4. The van der Waals surface area contributed by atoms with Crippen molar-refractivity contribution in [3.63, 3.8) is 0 Å². The van der Waals surface area contributed by atoms with Gasteiger partial charge in [-0.2, -0.15) is 0 Å². The van der Waals surface area contributed by atoms with E-state index >= 15 is 0 Å². The van der Waals surface area contributed by atoms with Gasteiger partial charge in [0.05, 0.1) is 0 Å². The number of hydrogen-bond acceptors (Lipinski definition) is 2. The molecule has 41 heavy (non-hydrogen) atoms. The summed E-state index contributed by atoms with van der Waals surface area (Å²) in [6.45, 7) is 6.10. The van der Waals surface area contributed by atoms with E-state index in [1.54, 1.807) is 6.08 Å². The lowest BCUT2D eigenvalue weighted by Crippen LogP contribution is -2.00. The first kappa shape index (κ1) is 22.5. The maximum absolute atomic E-state index is 12.7. The van der Waals surface area contributed by atoms with E-state index in [-0.39, 0.29) is 0 Å². The predicted molar refractivity (Wildman–Crippen MR) is 175 cm³/mol. The maximum atomic E-state index is 12.7. The zero-order chi connectivity index (χ0) is 27.6. The molecule has 0 unspecified atom stereocenters. The molecule has 0 aliphatic rings. The Morgan fingerprint density at radius 3 is 1.68 bits per heavy atom. The van der Waals surface area contributed by atoms with E-state index in [2.05, 4.69) is 80.2 Å². The van der Waals surface area contributed by atoms with Crippen LogP contribution in [0.2, 0.25) is 0 Å². The zero-order valence-electron chi connectivity index (χ0n) is 22.3. The average molecular weight is 523 g/mol. The second-order valence-corrected chi connectivity index (χ2v) is 11.1. The van der Waals surface area contributed by atoms with Gasteiger partial charge in [0, 0.05) is 21.9 Å². The number of aldehydes is 2. The van der Waals surface area contributed by atoms with E-state index in [1.165, 1.54) is 21.5 Å². The number of carbonyl (C=O) groups excluding carboxylic acids is 2. The quantitative estimate of drug-likeness (QED) is 0.0997. The number of carbonyl (C=O) groups is 2. The van der Waals surface area contributed by atoms with Crippen molar-refractivity contribution in [2.75, 3.05) is 0 Å². The molecule has 9 aromatic carbocycles. The minimum absolute atomic E-state index is 0.696. The number of fused-ring (bicyclic) bond motifs is 5. The zero-order valence-corrected chi connectivity index (χ0v) is 22.3. The Bertz CT molecular complexity index is 2630. The van der Waals surface area contributed by atoms with Crippen LogP contribution in [0.3, 0.4) is 0 Å². The molecule has 0 aliphatic carbocycles. The van der Waals surface area contributed by atoms with E-state index in [4.69, 9.17) is 0 Å². The minimum Gasteiger partial charge on any atom is -0.298 e. The Kier molecular flexibility index (Phi) is 4.19. The number of hydrogen-bond donors (Lipinski definition) is 0. The topological polar surface area (TPSA) is 34.1 Å². The van der Waals surface area contributed by atoms with Gasteiger partial charge in [-0.15, -0.1) is 0 Å². The monoisotopic (exact) mass is 522 g/mol. The lowest BCUT2D eigenvalue weighted by atomic mass is 9.76. The first-order valence-corrected chi connectivity index (χ1v) is 13.9. The van der Waals surface area contributed by atoms with E-state index in [9.17, 15) is 9.59 Å². The first-order valence-electron chi connectivity index (χ1n) is 13.9. The normalized spacial score (nSPS) is 12.7. The molecule has 0 heterocycles. The van der Waals surface area contributed by atoms with Crippen LogP contribution in [0.5, 0.6) is 0 Å². The van der Waals surface area contributed by atoms with Gasteiger partial charge in [0.2, 0.25) is 0 Å². The highest BCUT2D eigenvalue weighted by Gasteiger charge is 2.28. The van der Waals surface area contributed by atoms with Crippen molar-refractivity contribution >= 4 is 105 Å². The van der Waals surface area contributed by atoms with Crippen LogP contribution < -0.4 is 0 Å². The molecule has 9 rings (SSSR count). The van der Waals surface area contributed by atoms with Crippen molar-refractivity contribution in [3.05, 3.63) is 114 Å². The summed E-state index contributed by atoms with van der Waals surface area (Å²) in [6, 6.07) is 25.4. The van der Waals surface area contributed by atoms with E-state index < -0.39 is 0 Å². The Morgan fingerprint density at radius 2 is 1.02 bits per heavy atom.